The second kappa shape index (κ2) is 4.82. The lowest BCUT2D eigenvalue weighted by molar-refractivity contribution is -0.112. The van der Waals surface area contributed by atoms with E-state index in [-0.39, 0.29) is 11.6 Å². The molecule has 0 heterocycles. The Hall–Kier alpha value is -1.09. The fourth-order valence-corrected chi connectivity index (χ4v) is 1.57. The third-order valence-electron chi connectivity index (χ3n) is 1.40. The van der Waals surface area contributed by atoms with Gasteiger partial charge in [0.25, 0.3) is 0 Å². The first kappa shape index (κ1) is 9.99. The third kappa shape index (κ3) is 3.42. The highest BCUT2D eigenvalue weighted by Gasteiger charge is 1.99. The van der Waals surface area contributed by atoms with E-state index >= 15 is 0 Å². The first-order valence-corrected chi connectivity index (χ1v) is 4.74. The Kier molecular flexibility index (Phi) is 3.71. The van der Waals surface area contributed by atoms with Crippen LogP contribution < -0.4 is 0 Å². The van der Waals surface area contributed by atoms with Crippen LogP contribution in [-0.4, -0.2) is 11.5 Å². The van der Waals surface area contributed by atoms with E-state index in [4.69, 9.17) is 0 Å². The van der Waals surface area contributed by atoms with Crippen molar-refractivity contribution < 1.29 is 9.18 Å². The zero-order chi connectivity index (χ0) is 9.68. The first-order chi connectivity index (χ1) is 6.22. The van der Waals surface area contributed by atoms with Crippen LogP contribution in [0.3, 0.4) is 0 Å². The van der Waals surface area contributed by atoms with Gasteiger partial charge in [-0.25, -0.2) is 4.39 Å². The fourth-order valence-electron chi connectivity index (χ4n) is 0.770. The lowest BCUT2D eigenvalue weighted by Crippen LogP contribution is -1.94. The van der Waals surface area contributed by atoms with Crippen LogP contribution in [0.15, 0.2) is 41.8 Å². The lowest BCUT2D eigenvalue weighted by atomic mass is 10.4. The van der Waals surface area contributed by atoms with Gasteiger partial charge in [0.15, 0.2) is 5.78 Å². The van der Waals surface area contributed by atoms with Crippen LogP contribution >= 0.6 is 11.8 Å². The second-order valence-electron chi connectivity index (χ2n) is 2.42. The smallest absolute Gasteiger partial charge is 0.165 e. The van der Waals surface area contributed by atoms with Gasteiger partial charge in [-0.15, -0.1) is 11.8 Å². The maximum atomic E-state index is 12.7. The van der Waals surface area contributed by atoms with E-state index < -0.39 is 0 Å². The summed E-state index contributed by atoms with van der Waals surface area (Å²) in [5.41, 5.74) is 0. The summed E-state index contributed by atoms with van der Waals surface area (Å²) in [6.07, 6.45) is 1.27. The molecule has 1 aromatic carbocycles. The van der Waals surface area contributed by atoms with Crippen molar-refractivity contribution in [1.82, 2.24) is 0 Å². The zero-order valence-electron chi connectivity index (χ0n) is 7.00. The summed E-state index contributed by atoms with van der Waals surface area (Å²) in [5.74, 6) is -0.0160. The number of carbonyl (C=O) groups is 1. The predicted octanol–water partition coefficient (Wildman–Crippen LogP) is 2.67. The molecule has 1 rings (SSSR count). The lowest BCUT2D eigenvalue weighted by Gasteiger charge is -1.97. The highest BCUT2D eigenvalue weighted by molar-refractivity contribution is 8.00. The van der Waals surface area contributed by atoms with Gasteiger partial charge in [-0.3, -0.25) is 4.79 Å². The summed E-state index contributed by atoms with van der Waals surface area (Å²) in [6.45, 7) is 3.35. The van der Waals surface area contributed by atoms with Crippen LogP contribution in [0.2, 0.25) is 0 Å². The summed E-state index contributed by atoms with van der Waals surface area (Å²) in [5, 5.41) is 0. The molecule has 0 spiro atoms. The largest absolute Gasteiger partial charge is 0.294 e. The Bertz CT molecular complexity index is 322. The number of halogens is 1. The maximum Gasteiger partial charge on any atom is 0.165 e. The molecule has 0 bridgehead atoms. The minimum atomic E-state index is -0.281. The van der Waals surface area contributed by atoms with Gasteiger partial charge in [-0.2, -0.15) is 0 Å². The molecule has 0 aliphatic carbocycles. The minimum absolute atomic E-state index is 0.0470. The van der Waals surface area contributed by atoms with E-state index in [1.165, 1.54) is 30.0 Å². The van der Waals surface area contributed by atoms with Gasteiger partial charge in [-0.05, 0) is 24.3 Å². The summed E-state index contributed by atoms with van der Waals surface area (Å²) in [4.78, 5) is 11.6. The van der Waals surface area contributed by atoms with Gasteiger partial charge in [0, 0.05) is 4.90 Å². The Morgan fingerprint density at radius 1 is 1.62 bits per heavy atom. The molecule has 0 saturated heterocycles. The van der Waals surface area contributed by atoms with E-state index in [0.717, 1.165) is 4.90 Å². The summed E-state index contributed by atoms with van der Waals surface area (Å²) in [7, 11) is 0. The maximum absolute atomic E-state index is 12.7. The number of hydrogen-bond donors (Lipinski definition) is 0. The number of thioether (sulfide) groups is 1. The van der Waals surface area contributed by atoms with Crippen LogP contribution in [-0.2, 0) is 4.79 Å². The Morgan fingerprint density at radius 2 is 2.38 bits per heavy atom. The van der Waals surface area contributed by atoms with Crippen molar-refractivity contribution in [2.75, 3.05) is 5.75 Å². The van der Waals surface area contributed by atoms with Crippen molar-refractivity contribution >= 4 is 17.5 Å². The first-order valence-electron chi connectivity index (χ1n) is 3.76. The van der Waals surface area contributed by atoms with E-state index in [2.05, 4.69) is 6.58 Å². The molecule has 68 valence electrons. The molecular weight excluding hydrogens is 187 g/mol. The molecule has 1 aromatic rings. The van der Waals surface area contributed by atoms with Crippen LogP contribution in [0.4, 0.5) is 4.39 Å². The van der Waals surface area contributed by atoms with Crippen LogP contribution in [0, 0.1) is 5.82 Å². The zero-order valence-corrected chi connectivity index (χ0v) is 7.81. The normalized spacial score (nSPS) is 9.62. The molecule has 0 fully saturated rings. The number of carbonyl (C=O) groups excluding carboxylic acids is 1. The van der Waals surface area contributed by atoms with Crippen LogP contribution in [0.1, 0.15) is 0 Å². The molecule has 1 nitrogen and oxygen atoms in total. The number of benzene rings is 1. The van der Waals surface area contributed by atoms with Crippen molar-refractivity contribution in [3.8, 4) is 0 Å². The molecule has 0 aromatic heterocycles. The Morgan fingerprint density at radius 3 is 3.00 bits per heavy atom. The van der Waals surface area contributed by atoms with Crippen molar-refractivity contribution in [3.05, 3.63) is 42.7 Å². The molecular formula is C10H9FOS. The van der Waals surface area contributed by atoms with E-state index in [1.54, 1.807) is 12.1 Å². The Labute approximate surface area is 80.7 Å². The van der Waals surface area contributed by atoms with Gasteiger partial charge in [-0.1, -0.05) is 12.6 Å². The average Bonchev–Trinajstić information content (AvgIpc) is 2.14. The van der Waals surface area contributed by atoms with Gasteiger partial charge in [0.1, 0.15) is 5.82 Å². The van der Waals surface area contributed by atoms with Crippen LogP contribution in [0.25, 0.3) is 0 Å². The molecule has 0 aliphatic rings. The standard InChI is InChI=1S/C10H9FOS/c1-2-9(12)7-13-10-5-3-4-8(11)6-10/h2-6H,1,7H2. The topological polar surface area (TPSA) is 17.1 Å². The molecule has 0 saturated carbocycles. The van der Waals surface area contributed by atoms with Crippen molar-refractivity contribution in [2.24, 2.45) is 0 Å². The monoisotopic (exact) mass is 196 g/mol. The van der Waals surface area contributed by atoms with Crippen molar-refractivity contribution in [2.45, 2.75) is 4.90 Å². The van der Waals surface area contributed by atoms with Gasteiger partial charge in [0.2, 0.25) is 0 Å². The molecule has 0 atom stereocenters. The van der Waals surface area contributed by atoms with Gasteiger partial charge >= 0.3 is 0 Å². The second-order valence-corrected chi connectivity index (χ2v) is 3.47. The van der Waals surface area contributed by atoms with Crippen molar-refractivity contribution in [1.29, 1.82) is 0 Å². The van der Waals surface area contributed by atoms with E-state index in [1.807, 2.05) is 0 Å². The Balaban J connectivity index is 2.54. The molecule has 0 aliphatic heterocycles. The number of rotatable bonds is 4. The molecule has 0 amide bonds. The van der Waals surface area contributed by atoms with Crippen LogP contribution in [0.5, 0.6) is 0 Å². The summed E-state index contributed by atoms with van der Waals surface area (Å²) in [6, 6.07) is 6.17. The number of allylic oxidation sites excluding steroid dienone is 1. The number of hydrogen-bond acceptors (Lipinski definition) is 2. The molecule has 0 N–H and O–H groups in total. The summed E-state index contributed by atoms with van der Waals surface area (Å²) >= 11 is 1.31. The van der Waals surface area contributed by atoms with E-state index in [0.29, 0.717) is 5.75 Å². The number of ketones is 1. The molecule has 0 radical (unpaired) electrons. The quantitative estimate of drug-likeness (QED) is 0.544. The third-order valence-corrected chi connectivity index (χ3v) is 2.42. The summed E-state index contributed by atoms with van der Waals surface area (Å²) < 4.78 is 12.7. The highest BCUT2D eigenvalue weighted by Crippen LogP contribution is 2.18. The molecule has 0 unspecified atom stereocenters. The minimum Gasteiger partial charge on any atom is -0.294 e. The SMILES string of the molecule is C=CC(=O)CSc1cccc(F)c1. The average molecular weight is 196 g/mol. The predicted molar refractivity (Wildman–Crippen MR) is 52.3 cm³/mol. The van der Waals surface area contributed by atoms with E-state index in [9.17, 15) is 9.18 Å². The highest BCUT2D eigenvalue weighted by atomic mass is 32.2. The van der Waals surface area contributed by atoms with Gasteiger partial charge < -0.3 is 0 Å². The van der Waals surface area contributed by atoms with Gasteiger partial charge in [0.05, 0.1) is 5.75 Å². The van der Waals surface area contributed by atoms with Crippen molar-refractivity contribution in [3.63, 3.8) is 0 Å². The molecule has 3 heteroatoms. The molecule has 13 heavy (non-hydrogen) atoms. The fraction of sp³-hybridized carbons (Fsp3) is 0.100.